The minimum Gasteiger partial charge on any atom is -0.456 e. The Kier molecular flexibility index (Phi) is 5.24. The van der Waals surface area contributed by atoms with Gasteiger partial charge in [0.15, 0.2) is 6.20 Å². The zero-order chi connectivity index (χ0) is 28.1. The summed E-state index contributed by atoms with van der Waals surface area (Å²) < 4.78 is 15.9. The highest BCUT2D eigenvalue weighted by molar-refractivity contribution is 6.17. The SMILES string of the molecule is Cc1c2c(c(CC(C)(C)C)c3c1oc1ccccc13)Oc1cc3ccc(CC(C)(C)C)cc3c3cc[n+](C)c-2c13. The van der Waals surface area contributed by atoms with Gasteiger partial charge in [-0.25, -0.2) is 4.57 Å². The van der Waals surface area contributed by atoms with E-state index in [1.54, 1.807) is 0 Å². The van der Waals surface area contributed by atoms with Crippen molar-refractivity contribution in [2.24, 2.45) is 17.9 Å². The van der Waals surface area contributed by atoms with E-state index in [-0.39, 0.29) is 10.8 Å². The summed E-state index contributed by atoms with van der Waals surface area (Å²) in [4.78, 5) is 0. The number of rotatable bonds is 2. The number of benzene rings is 4. The van der Waals surface area contributed by atoms with Crippen LogP contribution in [-0.4, -0.2) is 0 Å². The molecule has 40 heavy (non-hydrogen) atoms. The standard InChI is InChI=1S/C37H38NO2/c1-21-30-33-32-24(15-16-38(33)8)26-17-22(19-36(2,3)4)13-14-23(26)18-29(32)40-35(30)27(20-37(5,6)7)31-25-11-9-10-12-28(25)39-34(21)31/h9-18H,19-20H2,1-8H3/q+1. The van der Waals surface area contributed by atoms with Crippen LogP contribution >= 0.6 is 0 Å². The highest BCUT2D eigenvalue weighted by Gasteiger charge is 2.36. The molecule has 0 amide bonds. The molecule has 0 spiro atoms. The fourth-order valence-corrected chi connectivity index (χ4v) is 6.77. The van der Waals surface area contributed by atoms with Crippen LogP contribution in [0.4, 0.5) is 0 Å². The average molecular weight is 529 g/mol. The molecule has 0 bridgehead atoms. The molecule has 0 saturated carbocycles. The van der Waals surface area contributed by atoms with Gasteiger partial charge in [-0.3, -0.25) is 0 Å². The smallest absolute Gasteiger partial charge is 0.228 e. The van der Waals surface area contributed by atoms with Crippen LogP contribution in [0, 0.1) is 17.8 Å². The number of nitrogens with zero attached hydrogens (tertiary/aromatic N) is 1. The van der Waals surface area contributed by atoms with Crippen LogP contribution in [0.1, 0.15) is 58.2 Å². The summed E-state index contributed by atoms with van der Waals surface area (Å²) in [6.07, 6.45) is 4.13. The molecular weight excluding hydrogens is 490 g/mol. The van der Waals surface area contributed by atoms with Crippen molar-refractivity contribution in [2.75, 3.05) is 0 Å². The van der Waals surface area contributed by atoms with E-state index in [2.05, 4.69) is 121 Å². The van der Waals surface area contributed by atoms with E-state index in [1.165, 1.54) is 43.8 Å². The van der Waals surface area contributed by atoms with Crippen molar-refractivity contribution in [1.29, 1.82) is 0 Å². The summed E-state index contributed by atoms with van der Waals surface area (Å²) in [5, 5.41) is 7.26. The van der Waals surface area contributed by atoms with Crippen molar-refractivity contribution >= 4 is 43.5 Å². The molecule has 0 N–H and O–H groups in total. The molecule has 6 aromatic rings. The van der Waals surface area contributed by atoms with Gasteiger partial charge in [0, 0.05) is 33.4 Å². The van der Waals surface area contributed by atoms with Crippen LogP contribution in [0.3, 0.4) is 0 Å². The quantitative estimate of drug-likeness (QED) is 0.165. The highest BCUT2D eigenvalue weighted by atomic mass is 16.5. The normalized spacial score (nSPS) is 13.4. The lowest BCUT2D eigenvalue weighted by Gasteiger charge is -2.27. The van der Waals surface area contributed by atoms with Gasteiger partial charge in [0.05, 0.1) is 10.9 Å². The fraction of sp³-hybridized carbons (Fsp3) is 0.324. The number of aryl methyl sites for hydroxylation is 2. The van der Waals surface area contributed by atoms with Gasteiger partial charge in [-0.1, -0.05) is 77.9 Å². The predicted octanol–water partition coefficient (Wildman–Crippen LogP) is 9.98. The van der Waals surface area contributed by atoms with E-state index in [1.807, 2.05) is 0 Å². The molecular formula is C37H38NO2+. The Morgan fingerprint density at radius 2 is 1.52 bits per heavy atom. The van der Waals surface area contributed by atoms with Crippen molar-refractivity contribution in [3.8, 4) is 22.8 Å². The van der Waals surface area contributed by atoms with Gasteiger partial charge in [0.1, 0.15) is 29.7 Å². The van der Waals surface area contributed by atoms with Crippen LogP contribution in [-0.2, 0) is 19.9 Å². The summed E-state index contributed by atoms with van der Waals surface area (Å²) in [5.41, 5.74) is 8.28. The highest BCUT2D eigenvalue weighted by Crippen LogP contribution is 2.54. The number of hydrogen-bond acceptors (Lipinski definition) is 2. The van der Waals surface area contributed by atoms with Crippen LogP contribution in [0.5, 0.6) is 11.5 Å². The maximum atomic E-state index is 7.05. The largest absolute Gasteiger partial charge is 0.456 e. The number of ether oxygens (including phenoxy) is 1. The second-order valence-corrected chi connectivity index (χ2v) is 14.2. The molecule has 1 aliphatic rings. The van der Waals surface area contributed by atoms with Crippen LogP contribution < -0.4 is 9.30 Å². The van der Waals surface area contributed by atoms with Gasteiger partial charge in [0.25, 0.3) is 0 Å². The van der Waals surface area contributed by atoms with Gasteiger partial charge in [-0.05, 0) is 59.1 Å². The van der Waals surface area contributed by atoms with Crippen molar-refractivity contribution in [1.82, 2.24) is 0 Å². The summed E-state index contributed by atoms with van der Waals surface area (Å²) >= 11 is 0. The Balaban J connectivity index is 1.61. The number of hydrogen-bond donors (Lipinski definition) is 0. The molecule has 202 valence electrons. The summed E-state index contributed by atoms with van der Waals surface area (Å²) in [5.74, 6) is 1.91. The molecule has 0 atom stereocenters. The number of furan rings is 1. The Morgan fingerprint density at radius 3 is 2.27 bits per heavy atom. The summed E-state index contributed by atoms with van der Waals surface area (Å²) in [6, 6.07) is 19.9. The first-order chi connectivity index (χ1) is 18.9. The van der Waals surface area contributed by atoms with Gasteiger partial charge in [-0.15, -0.1) is 0 Å². The number of fused-ring (bicyclic) bond motifs is 7. The molecule has 0 aliphatic carbocycles. The van der Waals surface area contributed by atoms with E-state index >= 15 is 0 Å². The Hall–Kier alpha value is -3.85. The topological polar surface area (TPSA) is 26.2 Å². The first kappa shape index (κ1) is 25.1. The number of pyridine rings is 1. The summed E-state index contributed by atoms with van der Waals surface area (Å²) in [6.45, 7) is 16.0. The van der Waals surface area contributed by atoms with E-state index in [4.69, 9.17) is 9.15 Å². The fourth-order valence-electron chi connectivity index (χ4n) is 6.77. The van der Waals surface area contributed by atoms with Crippen molar-refractivity contribution in [3.63, 3.8) is 0 Å². The molecule has 7 rings (SSSR count). The van der Waals surface area contributed by atoms with E-state index in [9.17, 15) is 0 Å². The molecule has 0 radical (unpaired) electrons. The van der Waals surface area contributed by atoms with Crippen LogP contribution in [0.2, 0.25) is 0 Å². The third-order valence-electron chi connectivity index (χ3n) is 8.27. The third kappa shape index (κ3) is 3.82. The number of aromatic nitrogens is 1. The molecule has 3 nitrogen and oxygen atoms in total. The Bertz CT molecular complexity index is 2010. The number of para-hydroxylation sites is 1. The van der Waals surface area contributed by atoms with Crippen LogP contribution in [0.15, 0.2) is 65.2 Å². The zero-order valence-corrected chi connectivity index (χ0v) is 25.0. The lowest BCUT2D eigenvalue weighted by molar-refractivity contribution is -0.659. The zero-order valence-electron chi connectivity index (χ0n) is 25.0. The summed E-state index contributed by atoms with van der Waals surface area (Å²) in [7, 11) is 2.15. The first-order valence-electron chi connectivity index (χ1n) is 14.4. The molecule has 0 fully saturated rings. The lowest BCUT2D eigenvalue weighted by Crippen LogP contribution is -2.32. The Labute approximate surface area is 236 Å². The van der Waals surface area contributed by atoms with E-state index in [0.29, 0.717) is 0 Å². The minimum absolute atomic E-state index is 0.0685. The van der Waals surface area contributed by atoms with E-state index in [0.717, 1.165) is 52.0 Å². The van der Waals surface area contributed by atoms with E-state index < -0.39 is 0 Å². The molecule has 0 unspecified atom stereocenters. The maximum absolute atomic E-state index is 7.05. The second kappa shape index (κ2) is 8.33. The lowest BCUT2D eigenvalue weighted by atomic mass is 9.82. The molecule has 3 heterocycles. The average Bonchev–Trinajstić information content (AvgIpc) is 3.26. The van der Waals surface area contributed by atoms with Gasteiger partial charge >= 0.3 is 0 Å². The van der Waals surface area contributed by atoms with Gasteiger partial charge in [-0.2, -0.15) is 0 Å². The molecule has 2 aromatic heterocycles. The maximum Gasteiger partial charge on any atom is 0.228 e. The molecule has 3 heteroatoms. The minimum atomic E-state index is 0.0685. The van der Waals surface area contributed by atoms with Crippen molar-refractivity contribution < 1.29 is 13.7 Å². The van der Waals surface area contributed by atoms with Crippen LogP contribution in [0.25, 0.3) is 54.7 Å². The third-order valence-corrected chi connectivity index (χ3v) is 8.27. The molecule has 4 aromatic carbocycles. The first-order valence-corrected chi connectivity index (χ1v) is 14.4. The second-order valence-electron chi connectivity index (χ2n) is 14.2. The molecule has 0 saturated heterocycles. The van der Waals surface area contributed by atoms with Gasteiger partial charge in [0.2, 0.25) is 5.69 Å². The van der Waals surface area contributed by atoms with Crippen molar-refractivity contribution in [2.45, 2.75) is 61.3 Å². The monoisotopic (exact) mass is 528 g/mol. The molecule has 1 aliphatic heterocycles. The predicted molar refractivity (Wildman–Crippen MR) is 166 cm³/mol. The van der Waals surface area contributed by atoms with Crippen molar-refractivity contribution in [3.05, 3.63) is 77.5 Å². The van der Waals surface area contributed by atoms with Gasteiger partial charge < -0.3 is 9.15 Å². The Morgan fingerprint density at radius 1 is 0.775 bits per heavy atom.